The highest BCUT2D eigenvalue weighted by molar-refractivity contribution is 5.37. The van der Waals surface area contributed by atoms with Gasteiger partial charge in [0.15, 0.2) is 0 Å². The van der Waals surface area contributed by atoms with E-state index in [4.69, 9.17) is 0 Å². The van der Waals surface area contributed by atoms with Crippen LogP contribution in [0.2, 0.25) is 0 Å². The number of halogens is 10. The minimum Gasteiger partial charge on any atom is -0.200 e. The Bertz CT molecular complexity index is 414. The smallest absolute Gasteiger partial charge is 0.200 e. The molecule has 0 N–H and O–H groups in total. The monoisotopic (exact) mass is 286 g/mol. The van der Waals surface area contributed by atoms with Gasteiger partial charge in [0.25, 0.3) is 0 Å². The summed E-state index contributed by atoms with van der Waals surface area (Å²) in [6, 6.07) is 0. The molecule has 0 radical (unpaired) electrons. The molecule has 0 saturated heterocycles. The highest BCUT2D eigenvalue weighted by atomic mass is 19.3. The highest BCUT2D eigenvalue weighted by Gasteiger charge is 2.26. The lowest BCUT2D eigenvalue weighted by molar-refractivity contribution is 0.357. The third-order valence-electron chi connectivity index (χ3n) is 1.30. The Kier molecular flexibility index (Phi) is 5.66. The molecule has 0 rings (SSSR count). The van der Waals surface area contributed by atoms with Gasteiger partial charge in [-0.2, -0.15) is 26.3 Å². The Morgan fingerprint density at radius 1 is 0.278 bits per heavy atom. The Balaban J connectivity index is 5.83. The molecule has 0 aromatic heterocycles. The van der Waals surface area contributed by atoms with E-state index in [2.05, 4.69) is 0 Å². The van der Waals surface area contributed by atoms with E-state index in [0.717, 1.165) is 0 Å². The maximum Gasteiger partial charge on any atom is 0.308 e. The molecule has 0 aliphatic rings. The van der Waals surface area contributed by atoms with Gasteiger partial charge >= 0.3 is 12.2 Å². The van der Waals surface area contributed by atoms with Crippen molar-refractivity contribution in [1.29, 1.82) is 0 Å². The van der Waals surface area contributed by atoms with Crippen molar-refractivity contribution < 1.29 is 43.9 Å². The van der Waals surface area contributed by atoms with Gasteiger partial charge in [-0.05, 0) is 0 Å². The van der Waals surface area contributed by atoms with Crippen LogP contribution in [0.3, 0.4) is 0 Å². The summed E-state index contributed by atoms with van der Waals surface area (Å²) in [5, 5.41) is 0. The van der Waals surface area contributed by atoms with Gasteiger partial charge < -0.3 is 0 Å². The maximum atomic E-state index is 12.5. The van der Waals surface area contributed by atoms with E-state index in [-0.39, 0.29) is 0 Å². The number of hydrogen-bond acceptors (Lipinski definition) is 0. The van der Waals surface area contributed by atoms with E-state index in [1.807, 2.05) is 0 Å². The van der Waals surface area contributed by atoms with Crippen molar-refractivity contribution in [2.24, 2.45) is 0 Å². The summed E-state index contributed by atoms with van der Waals surface area (Å²) >= 11 is 0. The van der Waals surface area contributed by atoms with E-state index in [0.29, 0.717) is 0 Å². The molecule has 0 unspecified atom stereocenters. The first-order valence-electron chi connectivity index (χ1n) is 3.64. The van der Waals surface area contributed by atoms with E-state index in [1.54, 1.807) is 0 Å². The van der Waals surface area contributed by atoms with Gasteiger partial charge in [0, 0.05) is 0 Å². The van der Waals surface area contributed by atoms with Gasteiger partial charge in [-0.1, -0.05) is 0 Å². The summed E-state index contributed by atoms with van der Waals surface area (Å²) < 4.78 is 119. The molecule has 0 aromatic carbocycles. The average molecular weight is 286 g/mol. The molecule has 0 heterocycles. The fraction of sp³-hybridized carbons (Fsp3) is 0. The van der Waals surface area contributed by atoms with Crippen molar-refractivity contribution >= 4 is 0 Å². The lowest BCUT2D eigenvalue weighted by atomic mass is 10.3. The molecule has 0 saturated carbocycles. The largest absolute Gasteiger partial charge is 0.308 e. The maximum absolute atomic E-state index is 12.5. The van der Waals surface area contributed by atoms with Crippen molar-refractivity contribution in [3.63, 3.8) is 0 Å². The van der Waals surface area contributed by atoms with Crippen molar-refractivity contribution in [1.82, 2.24) is 0 Å². The minimum atomic E-state index is -3.41. The third-order valence-corrected chi connectivity index (χ3v) is 1.30. The summed E-state index contributed by atoms with van der Waals surface area (Å²) in [5.74, 6) is -19.2. The predicted octanol–water partition coefficient (Wildman–Crippen LogP) is 5.44. The summed E-state index contributed by atoms with van der Waals surface area (Å²) in [5.41, 5.74) is 0. The summed E-state index contributed by atoms with van der Waals surface area (Å²) in [7, 11) is 0. The number of hydrogen-bond donors (Lipinski definition) is 0. The topological polar surface area (TPSA) is 0 Å². The first kappa shape index (κ1) is 16.3. The van der Waals surface area contributed by atoms with Crippen molar-refractivity contribution in [3.8, 4) is 0 Å². The Morgan fingerprint density at radius 3 is 0.611 bits per heavy atom. The zero-order valence-electron chi connectivity index (χ0n) is 7.78. The number of allylic oxidation sites excluding steroid dienone is 6. The molecule has 0 aliphatic carbocycles. The van der Waals surface area contributed by atoms with Crippen LogP contribution in [0.1, 0.15) is 0 Å². The highest BCUT2D eigenvalue weighted by Crippen LogP contribution is 2.33. The van der Waals surface area contributed by atoms with Crippen LogP contribution in [0.5, 0.6) is 0 Å². The molecule has 0 aliphatic heterocycles. The van der Waals surface area contributed by atoms with Gasteiger partial charge in [-0.15, -0.1) is 0 Å². The summed E-state index contributed by atoms with van der Waals surface area (Å²) in [6.45, 7) is 0. The quantitative estimate of drug-likeness (QED) is 0.478. The van der Waals surface area contributed by atoms with Crippen LogP contribution in [0.4, 0.5) is 43.9 Å². The second-order valence-electron chi connectivity index (χ2n) is 2.40. The van der Waals surface area contributed by atoms with Gasteiger partial charge in [0.2, 0.25) is 35.0 Å². The lowest BCUT2D eigenvalue weighted by Gasteiger charge is -1.98. The molecule has 102 valence electrons. The Labute approximate surface area is 92.2 Å². The molecule has 10 heteroatoms. The molecule has 0 spiro atoms. The fourth-order valence-electron chi connectivity index (χ4n) is 0.551. The third kappa shape index (κ3) is 3.64. The number of rotatable bonds is 3. The van der Waals surface area contributed by atoms with E-state index in [1.165, 1.54) is 0 Å². The van der Waals surface area contributed by atoms with Gasteiger partial charge in [0.1, 0.15) is 0 Å². The molecular formula is C8F10. The molecule has 18 heavy (non-hydrogen) atoms. The van der Waals surface area contributed by atoms with Crippen LogP contribution in [0.25, 0.3) is 0 Å². The summed E-state index contributed by atoms with van der Waals surface area (Å²) in [6.07, 6.45) is -6.83. The first-order valence-corrected chi connectivity index (χ1v) is 3.64. The average Bonchev–Trinajstić information content (AvgIpc) is 2.32. The van der Waals surface area contributed by atoms with Crippen LogP contribution in [-0.4, -0.2) is 0 Å². The van der Waals surface area contributed by atoms with Crippen molar-refractivity contribution in [3.05, 3.63) is 47.1 Å². The molecule has 0 aromatic rings. The fourth-order valence-corrected chi connectivity index (χ4v) is 0.551. The molecule has 0 nitrogen and oxygen atoms in total. The first-order chi connectivity index (χ1) is 8.11. The predicted molar refractivity (Wildman–Crippen MR) is 39.2 cm³/mol. The van der Waals surface area contributed by atoms with Gasteiger partial charge in [0.05, 0.1) is 0 Å². The normalized spacial score (nSPS) is 13.7. The van der Waals surface area contributed by atoms with Crippen LogP contribution >= 0.6 is 0 Å². The van der Waals surface area contributed by atoms with E-state index >= 15 is 0 Å². The van der Waals surface area contributed by atoms with Crippen LogP contribution in [-0.2, 0) is 0 Å². The Hall–Kier alpha value is -1.74. The molecule has 0 bridgehead atoms. The molecule has 0 amide bonds. The zero-order chi connectivity index (χ0) is 14.6. The minimum absolute atomic E-state index is 3.18. The molecule has 0 fully saturated rings. The second-order valence-corrected chi connectivity index (χ2v) is 2.40. The Morgan fingerprint density at radius 2 is 0.444 bits per heavy atom. The van der Waals surface area contributed by atoms with Crippen LogP contribution < -0.4 is 0 Å². The van der Waals surface area contributed by atoms with Crippen LogP contribution in [0.15, 0.2) is 47.1 Å². The van der Waals surface area contributed by atoms with Crippen molar-refractivity contribution in [2.45, 2.75) is 0 Å². The standard InChI is InChI=1S/C8F10/c9-1(3(11)5(13)7(15)16)2(10)4(12)6(14)8(17)18/b3-1+,4-2+. The SMILES string of the molecule is FC(F)=C(F)/C(F)=C(F)/C(F)=C(\F)C(F)=C(F)F. The zero-order valence-corrected chi connectivity index (χ0v) is 7.78. The van der Waals surface area contributed by atoms with Crippen molar-refractivity contribution in [2.75, 3.05) is 0 Å². The van der Waals surface area contributed by atoms with E-state index in [9.17, 15) is 43.9 Å². The van der Waals surface area contributed by atoms with Crippen LogP contribution in [0, 0.1) is 0 Å². The summed E-state index contributed by atoms with van der Waals surface area (Å²) in [4.78, 5) is 0. The van der Waals surface area contributed by atoms with Gasteiger partial charge in [-0.25, -0.2) is 17.6 Å². The lowest BCUT2D eigenvalue weighted by Crippen LogP contribution is -1.90. The molecular weight excluding hydrogens is 286 g/mol. The second kappa shape index (κ2) is 6.26. The molecule has 0 atom stereocenters. The van der Waals surface area contributed by atoms with E-state index < -0.39 is 47.1 Å². The van der Waals surface area contributed by atoms with Gasteiger partial charge in [-0.3, -0.25) is 0 Å².